The molecule has 1 fully saturated rings. The van der Waals surface area contributed by atoms with E-state index in [1.807, 2.05) is 7.05 Å². The van der Waals surface area contributed by atoms with Gasteiger partial charge in [0.1, 0.15) is 22.8 Å². The lowest BCUT2D eigenvalue weighted by Gasteiger charge is -2.22. The number of amides is 2. The van der Waals surface area contributed by atoms with Crippen LogP contribution in [-0.2, 0) is 16.5 Å². The van der Waals surface area contributed by atoms with Crippen LogP contribution in [0.5, 0.6) is 5.88 Å². The monoisotopic (exact) mass is 509 g/mol. The van der Waals surface area contributed by atoms with Gasteiger partial charge in [0.15, 0.2) is 5.82 Å². The molecule has 37 heavy (non-hydrogen) atoms. The van der Waals surface area contributed by atoms with E-state index >= 15 is 0 Å². The van der Waals surface area contributed by atoms with Crippen molar-refractivity contribution in [3.63, 3.8) is 0 Å². The van der Waals surface area contributed by atoms with Crippen molar-refractivity contribution >= 4 is 23.5 Å². The predicted octanol–water partition coefficient (Wildman–Crippen LogP) is 3.68. The van der Waals surface area contributed by atoms with E-state index in [-0.39, 0.29) is 11.5 Å². The van der Waals surface area contributed by atoms with Crippen molar-refractivity contribution in [1.29, 1.82) is 0 Å². The van der Waals surface area contributed by atoms with Crippen LogP contribution in [0.2, 0.25) is 0 Å². The summed E-state index contributed by atoms with van der Waals surface area (Å²) in [6, 6.07) is 4.69. The third-order valence-corrected chi connectivity index (χ3v) is 5.44. The smallest absolute Gasteiger partial charge is 0.413 e. The second kappa shape index (κ2) is 11.3. The van der Waals surface area contributed by atoms with Crippen LogP contribution < -0.4 is 15.4 Å². The van der Waals surface area contributed by atoms with Gasteiger partial charge in [-0.3, -0.25) is 10.1 Å². The van der Waals surface area contributed by atoms with Gasteiger partial charge in [-0.05, 0) is 51.7 Å². The number of rotatable bonds is 7. The Hall–Kier alpha value is -4.06. The molecule has 1 saturated heterocycles. The number of carbonyl (C=O) groups is 2. The maximum Gasteiger partial charge on any atom is 0.413 e. The van der Waals surface area contributed by atoms with E-state index in [4.69, 9.17) is 14.2 Å². The number of anilines is 2. The van der Waals surface area contributed by atoms with Crippen molar-refractivity contribution in [3.05, 3.63) is 42.6 Å². The van der Waals surface area contributed by atoms with Gasteiger partial charge in [-0.15, -0.1) is 0 Å². The maximum atomic E-state index is 13.1. The maximum absolute atomic E-state index is 13.1. The summed E-state index contributed by atoms with van der Waals surface area (Å²) in [5.74, 6) is 0.815. The first-order chi connectivity index (χ1) is 17.7. The second-order valence-corrected chi connectivity index (χ2v) is 9.68. The molecule has 1 aliphatic heterocycles. The zero-order chi connectivity index (χ0) is 26.4. The molecule has 0 spiro atoms. The highest BCUT2D eigenvalue weighted by molar-refractivity contribution is 6.03. The van der Waals surface area contributed by atoms with Gasteiger partial charge in [0.2, 0.25) is 5.88 Å². The molecule has 4 rings (SSSR count). The molecule has 196 valence electrons. The fraction of sp³-hybridized carbons (Fsp3) is 0.440. The quantitative estimate of drug-likeness (QED) is 0.487. The summed E-state index contributed by atoms with van der Waals surface area (Å²) < 4.78 is 18.4. The Morgan fingerprint density at radius 2 is 1.92 bits per heavy atom. The number of hydrogen-bond acceptors (Lipinski definition) is 9. The summed E-state index contributed by atoms with van der Waals surface area (Å²) in [5, 5.41) is 5.32. The van der Waals surface area contributed by atoms with Crippen molar-refractivity contribution in [1.82, 2.24) is 24.5 Å². The lowest BCUT2D eigenvalue weighted by molar-refractivity contribution is 0.0490. The van der Waals surface area contributed by atoms with E-state index in [1.54, 1.807) is 50.0 Å². The highest BCUT2D eigenvalue weighted by atomic mass is 16.6. The van der Waals surface area contributed by atoms with Gasteiger partial charge < -0.3 is 24.1 Å². The number of carbonyl (C=O) groups excluding carboxylic acids is 2. The van der Waals surface area contributed by atoms with Crippen LogP contribution in [0.1, 0.15) is 44.1 Å². The van der Waals surface area contributed by atoms with Crippen molar-refractivity contribution in [3.8, 4) is 17.4 Å². The molecule has 3 aromatic heterocycles. The Kier molecular flexibility index (Phi) is 7.97. The van der Waals surface area contributed by atoms with Crippen LogP contribution in [-0.4, -0.2) is 61.9 Å². The summed E-state index contributed by atoms with van der Waals surface area (Å²) in [7, 11) is 1.82. The van der Waals surface area contributed by atoms with Crippen LogP contribution in [0.15, 0.2) is 36.9 Å². The number of aromatic nitrogens is 5. The molecule has 0 bridgehead atoms. The molecule has 0 radical (unpaired) electrons. The van der Waals surface area contributed by atoms with E-state index in [0.717, 1.165) is 12.8 Å². The number of nitrogens with one attached hydrogen (secondary N) is 2. The average molecular weight is 510 g/mol. The fourth-order valence-corrected chi connectivity index (χ4v) is 3.56. The fourth-order valence-electron chi connectivity index (χ4n) is 3.56. The highest BCUT2D eigenvalue weighted by Gasteiger charge is 2.19. The van der Waals surface area contributed by atoms with Gasteiger partial charge in [0, 0.05) is 26.3 Å². The molecule has 12 nitrogen and oxygen atoms in total. The van der Waals surface area contributed by atoms with Crippen LogP contribution in [0.4, 0.5) is 16.3 Å². The zero-order valence-electron chi connectivity index (χ0n) is 21.4. The normalized spacial score (nSPS) is 14.2. The molecule has 0 atom stereocenters. The Bertz CT molecular complexity index is 1230. The summed E-state index contributed by atoms with van der Waals surface area (Å²) in [6.45, 7) is 7.21. The molecule has 4 heterocycles. The third kappa shape index (κ3) is 7.46. The number of aryl methyl sites for hydroxylation is 1. The van der Waals surface area contributed by atoms with E-state index in [2.05, 4.69) is 30.6 Å². The van der Waals surface area contributed by atoms with E-state index in [9.17, 15) is 9.59 Å². The van der Waals surface area contributed by atoms with Gasteiger partial charge in [-0.1, -0.05) is 0 Å². The topological polar surface area (TPSA) is 142 Å². The zero-order valence-corrected chi connectivity index (χ0v) is 21.4. The predicted molar refractivity (Wildman–Crippen MR) is 135 cm³/mol. The largest absolute Gasteiger partial charge is 0.477 e. The van der Waals surface area contributed by atoms with Gasteiger partial charge in [-0.2, -0.15) is 4.98 Å². The van der Waals surface area contributed by atoms with Crippen molar-refractivity contribution in [2.24, 2.45) is 13.0 Å². The molecule has 12 heteroatoms. The average Bonchev–Trinajstić information content (AvgIpc) is 3.29. The Morgan fingerprint density at radius 3 is 2.57 bits per heavy atom. The van der Waals surface area contributed by atoms with Crippen LogP contribution in [0.25, 0.3) is 11.5 Å². The molecule has 2 amide bonds. The van der Waals surface area contributed by atoms with Gasteiger partial charge in [-0.25, -0.2) is 19.7 Å². The Morgan fingerprint density at radius 1 is 1.14 bits per heavy atom. The molecule has 3 aromatic rings. The summed E-state index contributed by atoms with van der Waals surface area (Å²) in [4.78, 5) is 42.2. The number of imidazole rings is 1. The van der Waals surface area contributed by atoms with Crippen molar-refractivity contribution in [2.45, 2.75) is 39.2 Å². The lowest BCUT2D eigenvalue weighted by Crippen LogP contribution is -2.27. The minimum atomic E-state index is -0.628. The SMILES string of the molecule is Cn1cncc1-c1nc(OCC2CCOCC2)cc(C(=O)Nc2ccc(NC(=O)OC(C)(C)C)nc2)n1. The van der Waals surface area contributed by atoms with E-state index < -0.39 is 17.6 Å². The second-order valence-electron chi connectivity index (χ2n) is 9.68. The molecule has 1 aliphatic rings. The number of nitrogens with zero attached hydrogens (tertiary/aromatic N) is 5. The highest BCUT2D eigenvalue weighted by Crippen LogP contribution is 2.22. The molecular formula is C25H31N7O5. The van der Waals surface area contributed by atoms with Crippen LogP contribution in [0.3, 0.4) is 0 Å². The Balaban J connectivity index is 1.47. The van der Waals surface area contributed by atoms with E-state index in [1.165, 1.54) is 12.3 Å². The first-order valence-electron chi connectivity index (χ1n) is 12.0. The lowest BCUT2D eigenvalue weighted by atomic mass is 10.0. The standard InChI is InChI=1S/C25H31N7O5/c1-25(2,3)37-24(34)30-20-6-5-17(12-27-20)28-23(33)18-11-21(36-14-16-7-9-35-10-8-16)31-22(29-18)19-13-26-15-32(19)4/h5-6,11-13,15-16H,7-10,14H2,1-4H3,(H,28,33)(H,27,30,34). The molecule has 0 aliphatic carbocycles. The minimum Gasteiger partial charge on any atom is -0.477 e. The molecule has 0 saturated carbocycles. The first kappa shape index (κ1) is 26.0. The summed E-state index contributed by atoms with van der Waals surface area (Å²) in [6.07, 6.45) is 5.90. The molecular weight excluding hydrogens is 478 g/mol. The number of ether oxygens (including phenoxy) is 3. The summed E-state index contributed by atoms with van der Waals surface area (Å²) in [5.41, 5.74) is 0.566. The molecule has 0 unspecified atom stereocenters. The van der Waals surface area contributed by atoms with Gasteiger partial charge in [0.05, 0.1) is 31.0 Å². The molecule has 2 N–H and O–H groups in total. The third-order valence-electron chi connectivity index (χ3n) is 5.44. The van der Waals surface area contributed by atoms with Crippen LogP contribution >= 0.6 is 0 Å². The van der Waals surface area contributed by atoms with Crippen molar-refractivity contribution in [2.75, 3.05) is 30.5 Å². The molecule has 0 aromatic carbocycles. The summed E-state index contributed by atoms with van der Waals surface area (Å²) >= 11 is 0. The minimum absolute atomic E-state index is 0.129. The number of pyridine rings is 1. The van der Waals surface area contributed by atoms with Gasteiger partial charge in [0.25, 0.3) is 5.91 Å². The van der Waals surface area contributed by atoms with Crippen LogP contribution in [0, 0.1) is 5.92 Å². The first-order valence-corrected chi connectivity index (χ1v) is 12.0. The van der Waals surface area contributed by atoms with Crippen molar-refractivity contribution < 1.29 is 23.8 Å². The Labute approximate surface area is 214 Å². The van der Waals surface area contributed by atoms with E-state index in [0.29, 0.717) is 48.8 Å². The number of hydrogen-bond donors (Lipinski definition) is 2. The van der Waals surface area contributed by atoms with Gasteiger partial charge >= 0.3 is 6.09 Å².